The zero-order valence-corrected chi connectivity index (χ0v) is 10.2. The van der Waals surface area contributed by atoms with Crippen molar-refractivity contribution in [3.8, 4) is 0 Å². The van der Waals surface area contributed by atoms with Crippen LogP contribution in [0.2, 0.25) is 0 Å². The van der Waals surface area contributed by atoms with Gasteiger partial charge in [0.25, 0.3) is 0 Å². The molecule has 0 amide bonds. The van der Waals surface area contributed by atoms with Gasteiger partial charge in [-0.1, -0.05) is 38.8 Å². The first-order chi connectivity index (χ1) is 7.54. The van der Waals surface area contributed by atoms with Crippen molar-refractivity contribution >= 4 is 5.78 Å². The standard InChI is InChI=1S/C14H19FO/c1-4-5-10(2)8-14(16)12-7-6-11(3)13(15)9-12/h6-7,9-10H,4-5,8H2,1-3H3. The fourth-order valence-electron chi connectivity index (χ4n) is 1.80. The number of carbonyl (C=O) groups excluding carboxylic acids is 1. The van der Waals surface area contributed by atoms with Crippen LogP contribution in [0.3, 0.4) is 0 Å². The molecule has 0 aliphatic heterocycles. The largest absolute Gasteiger partial charge is 0.294 e. The Morgan fingerprint density at radius 3 is 2.69 bits per heavy atom. The van der Waals surface area contributed by atoms with Gasteiger partial charge in [-0.25, -0.2) is 4.39 Å². The Morgan fingerprint density at radius 1 is 1.44 bits per heavy atom. The molecule has 88 valence electrons. The van der Waals surface area contributed by atoms with Gasteiger partial charge in [-0.3, -0.25) is 4.79 Å². The first-order valence-electron chi connectivity index (χ1n) is 5.84. The second-order valence-corrected chi connectivity index (χ2v) is 4.49. The predicted octanol–water partition coefficient (Wildman–Crippen LogP) is 4.14. The van der Waals surface area contributed by atoms with Crippen LogP contribution in [0.1, 0.15) is 49.0 Å². The number of halogens is 1. The van der Waals surface area contributed by atoms with Gasteiger partial charge in [-0.05, 0) is 24.5 Å². The van der Waals surface area contributed by atoms with Crippen LogP contribution in [0.5, 0.6) is 0 Å². The van der Waals surface area contributed by atoms with Gasteiger partial charge in [0.05, 0.1) is 0 Å². The molecular weight excluding hydrogens is 203 g/mol. The molecule has 16 heavy (non-hydrogen) atoms. The Balaban J connectivity index is 2.69. The number of rotatable bonds is 5. The van der Waals surface area contributed by atoms with Gasteiger partial charge in [0.1, 0.15) is 5.82 Å². The van der Waals surface area contributed by atoms with E-state index in [1.807, 2.05) is 0 Å². The summed E-state index contributed by atoms with van der Waals surface area (Å²) in [5.74, 6) is 0.121. The quantitative estimate of drug-likeness (QED) is 0.684. The number of Topliss-reactive ketones (excluding diaryl/α,β-unsaturated/α-hetero) is 1. The first kappa shape index (κ1) is 12.9. The lowest BCUT2D eigenvalue weighted by atomic mass is 9.96. The highest BCUT2D eigenvalue weighted by Gasteiger charge is 2.11. The van der Waals surface area contributed by atoms with E-state index in [-0.39, 0.29) is 11.6 Å². The Hall–Kier alpha value is -1.18. The van der Waals surface area contributed by atoms with Crippen LogP contribution in [0, 0.1) is 18.7 Å². The lowest BCUT2D eigenvalue weighted by molar-refractivity contribution is 0.0962. The Labute approximate surface area is 96.7 Å². The summed E-state index contributed by atoms with van der Waals surface area (Å²) >= 11 is 0. The van der Waals surface area contributed by atoms with E-state index in [9.17, 15) is 9.18 Å². The monoisotopic (exact) mass is 222 g/mol. The van der Waals surface area contributed by atoms with Crippen molar-refractivity contribution in [2.24, 2.45) is 5.92 Å². The van der Waals surface area contributed by atoms with Crippen LogP contribution in [-0.2, 0) is 0 Å². The van der Waals surface area contributed by atoms with Crippen molar-refractivity contribution in [2.45, 2.75) is 40.0 Å². The molecule has 0 heterocycles. The van der Waals surface area contributed by atoms with E-state index >= 15 is 0 Å². The third kappa shape index (κ3) is 3.44. The highest BCUT2D eigenvalue weighted by atomic mass is 19.1. The molecule has 1 aromatic carbocycles. The fraction of sp³-hybridized carbons (Fsp3) is 0.500. The van der Waals surface area contributed by atoms with Crippen molar-refractivity contribution in [2.75, 3.05) is 0 Å². The smallest absolute Gasteiger partial charge is 0.163 e. The molecule has 0 radical (unpaired) electrons. The summed E-state index contributed by atoms with van der Waals surface area (Å²) in [6.45, 7) is 5.86. The minimum Gasteiger partial charge on any atom is -0.294 e. The van der Waals surface area contributed by atoms with Crippen molar-refractivity contribution < 1.29 is 9.18 Å². The zero-order valence-electron chi connectivity index (χ0n) is 10.2. The van der Waals surface area contributed by atoms with Crippen molar-refractivity contribution in [1.29, 1.82) is 0 Å². The number of hydrogen-bond donors (Lipinski definition) is 0. The molecule has 0 fully saturated rings. The van der Waals surface area contributed by atoms with Crippen LogP contribution >= 0.6 is 0 Å². The van der Waals surface area contributed by atoms with Crippen molar-refractivity contribution in [3.05, 3.63) is 35.1 Å². The van der Waals surface area contributed by atoms with Gasteiger partial charge in [0.2, 0.25) is 0 Å². The third-order valence-corrected chi connectivity index (χ3v) is 2.81. The molecule has 0 bridgehead atoms. The molecule has 0 N–H and O–H groups in total. The van der Waals surface area contributed by atoms with Gasteiger partial charge in [0.15, 0.2) is 5.78 Å². The van der Waals surface area contributed by atoms with Crippen molar-refractivity contribution in [1.82, 2.24) is 0 Å². The third-order valence-electron chi connectivity index (χ3n) is 2.81. The first-order valence-corrected chi connectivity index (χ1v) is 5.84. The molecule has 0 spiro atoms. The molecule has 0 aliphatic rings. The highest BCUT2D eigenvalue weighted by molar-refractivity contribution is 5.96. The number of benzene rings is 1. The predicted molar refractivity (Wildman–Crippen MR) is 64.2 cm³/mol. The minimum absolute atomic E-state index is 0.0415. The molecule has 1 nitrogen and oxygen atoms in total. The molecule has 0 saturated carbocycles. The Kier molecular flexibility index (Phi) is 4.66. The molecule has 0 aliphatic carbocycles. The maximum absolute atomic E-state index is 13.3. The van der Waals surface area contributed by atoms with Gasteiger partial charge in [0, 0.05) is 12.0 Å². The van der Waals surface area contributed by atoms with Crippen LogP contribution in [0.15, 0.2) is 18.2 Å². The summed E-state index contributed by atoms with van der Waals surface area (Å²) in [7, 11) is 0. The van der Waals surface area contributed by atoms with Crippen LogP contribution in [0.25, 0.3) is 0 Å². The number of carbonyl (C=O) groups is 1. The summed E-state index contributed by atoms with van der Waals surface area (Å²) < 4.78 is 13.3. The topological polar surface area (TPSA) is 17.1 Å². The van der Waals surface area contributed by atoms with Crippen molar-refractivity contribution in [3.63, 3.8) is 0 Å². The van der Waals surface area contributed by atoms with E-state index < -0.39 is 0 Å². The molecule has 0 aromatic heterocycles. The lowest BCUT2D eigenvalue weighted by Gasteiger charge is -2.09. The van der Waals surface area contributed by atoms with E-state index in [1.165, 1.54) is 6.07 Å². The molecular formula is C14H19FO. The van der Waals surface area contributed by atoms with E-state index in [0.717, 1.165) is 12.8 Å². The van der Waals surface area contributed by atoms with Gasteiger partial charge >= 0.3 is 0 Å². The van der Waals surface area contributed by atoms with Crippen LogP contribution in [0.4, 0.5) is 4.39 Å². The van der Waals surface area contributed by atoms with E-state index in [4.69, 9.17) is 0 Å². The van der Waals surface area contributed by atoms with E-state index in [2.05, 4.69) is 13.8 Å². The number of ketones is 1. The normalized spacial score (nSPS) is 12.5. The second-order valence-electron chi connectivity index (χ2n) is 4.49. The van der Waals surface area contributed by atoms with Gasteiger partial charge < -0.3 is 0 Å². The summed E-state index contributed by atoms with van der Waals surface area (Å²) in [5.41, 5.74) is 1.07. The zero-order chi connectivity index (χ0) is 12.1. The maximum atomic E-state index is 13.3. The highest BCUT2D eigenvalue weighted by Crippen LogP contribution is 2.16. The molecule has 1 atom stereocenters. The lowest BCUT2D eigenvalue weighted by Crippen LogP contribution is -2.06. The average Bonchev–Trinajstić information content (AvgIpc) is 2.22. The molecule has 1 unspecified atom stereocenters. The Morgan fingerprint density at radius 2 is 2.12 bits per heavy atom. The average molecular weight is 222 g/mol. The molecule has 2 heteroatoms. The van der Waals surface area contributed by atoms with Crippen LogP contribution in [-0.4, -0.2) is 5.78 Å². The SMILES string of the molecule is CCCC(C)CC(=O)c1ccc(C)c(F)c1. The number of hydrogen-bond acceptors (Lipinski definition) is 1. The van der Waals surface area contributed by atoms with Crippen LogP contribution < -0.4 is 0 Å². The van der Waals surface area contributed by atoms with Gasteiger partial charge in [-0.2, -0.15) is 0 Å². The molecule has 1 rings (SSSR count). The van der Waals surface area contributed by atoms with E-state index in [0.29, 0.717) is 23.5 Å². The molecule has 0 saturated heterocycles. The minimum atomic E-state index is -0.297. The Bertz CT molecular complexity index is 371. The second kappa shape index (κ2) is 5.78. The van der Waals surface area contributed by atoms with Gasteiger partial charge in [-0.15, -0.1) is 0 Å². The summed E-state index contributed by atoms with van der Waals surface area (Å²) in [6, 6.07) is 4.71. The molecule has 1 aromatic rings. The van der Waals surface area contributed by atoms with E-state index in [1.54, 1.807) is 19.1 Å². The number of aryl methyl sites for hydroxylation is 1. The fourth-order valence-corrected chi connectivity index (χ4v) is 1.80. The maximum Gasteiger partial charge on any atom is 0.163 e. The summed E-state index contributed by atoms with van der Waals surface area (Å²) in [4.78, 5) is 11.8. The summed E-state index contributed by atoms with van der Waals surface area (Å²) in [5, 5.41) is 0. The summed E-state index contributed by atoms with van der Waals surface area (Å²) in [6.07, 6.45) is 2.63.